The van der Waals surface area contributed by atoms with Crippen LogP contribution in [0.3, 0.4) is 0 Å². The third-order valence-electron chi connectivity index (χ3n) is 11.5. The zero-order valence-corrected chi connectivity index (χ0v) is 28.5. The van der Waals surface area contributed by atoms with Gasteiger partial charge in [-0.25, -0.2) is 0 Å². The Morgan fingerprint density at radius 1 is 0.609 bits per heavy atom. The second-order valence-electron chi connectivity index (χ2n) is 15.9. The molecule has 0 atom stereocenters. The van der Waals surface area contributed by atoms with Crippen LogP contribution in [0.2, 0.25) is 0 Å². The maximum absolute atomic E-state index is 6.48. The third kappa shape index (κ3) is 4.33. The van der Waals surface area contributed by atoms with Gasteiger partial charge in [0.05, 0.1) is 22.2 Å². The SMILES string of the molecule is CC1(C)CCC(C)(C)c2c(-c3ccc(-n4c5ccc(B6OC(C)(C)C(C)(C)O6)cc5c5c6ccccc6ccc54)cc3)cccc21. The van der Waals surface area contributed by atoms with Crippen molar-refractivity contribution in [2.24, 2.45) is 0 Å². The molecule has 3 nitrogen and oxygen atoms in total. The molecule has 0 radical (unpaired) electrons. The van der Waals surface area contributed by atoms with Gasteiger partial charge in [0.2, 0.25) is 0 Å². The molecule has 0 saturated carbocycles. The van der Waals surface area contributed by atoms with Gasteiger partial charge in [-0.1, -0.05) is 100 Å². The molecule has 0 spiro atoms. The first kappa shape index (κ1) is 29.5. The maximum atomic E-state index is 6.48. The van der Waals surface area contributed by atoms with Gasteiger partial charge in [0, 0.05) is 16.5 Å². The molecule has 4 heteroatoms. The van der Waals surface area contributed by atoms with Crippen molar-refractivity contribution in [3.63, 3.8) is 0 Å². The van der Waals surface area contributed by atoms with Crippen molar-refractivity contribution in [2.75, 3.05) is 0 Å². The summed E-state index contributed by atoms with van der Waals surface area (Å²) in [6.45, 7) is 18.1. The topological polar surface area (TPSA) is 23.4 Å². The quantitative estimate of drug-likeness (QED) is 0.187. The summed E-state index contributed by atoms with van der Waals surface area (Å²) in [5, 5.41) is 4.97. The lowest BCUT2D eigenvalue weighted by Crippen LogP contribution is -2.41. The predicted octanol–water partition coefficient (Wildman–Crippen LogP) is 10.3. The highest BCUT2D eigenvalue weighted by atomic mass is 16.7. The number of hydrogen-bond acceptors (Lipinski definition) is 2. The normalized spacial score (nSPS) is 19.6. The van der Waals surface area contributed by atoms with Crippen LogP contribution in [0.25, 0.3) is 49.4 Å². The van der Waals surface area contributed by atoms with E-state index in [4.69, 9.17) is 9.31 Å². The van der Waals surface area contributed by atoms with Gasteiger partial charge < -0.3 is 13.9 Å². The molecular formula is C42H44BNO2. The van der Waals surface area contributed by atoms with E-state index >= 15 is 0 Å². The molecule has 0 bridgehead atoms. The second kappa shape index (κ2) is 9.83. The van der Waals surface area contributed by atoms with Crippen LogP contribution < -0.4 is 5.46 Å². The molecule has 1 aliphatic heterocycles. The molecule has 1 aliphatic carbocycles. The van der Waals surface area contributed by atoms with Gasteiger partial charge in [0.15, 0.2) is 0 Å². The van der Waals surface area contributed by atoms with Gasteiger partial charge in [-0.15, -0.1) is 0 Å². The smallest absolute Gasteiger partial charge is 0.399 e. The minimum Gasteiger partial charge on any atom is -0.399 e. The first-order valence-electron chi connectivity index (χ1n) is 16.8. The van der Waals surface area contributed by atoms with Crippen molar-refractivity contribution >= 4 is 45.2 Å². The minimum absolute atomic E-state index is 0.142. The molecule has 0 N–H and O–H groups in total. The largest absolute Gasteiger partial charge is 0.494 e. The fourth-order valence-electron chi connectivity index (χ4n) is 7.97. The Morgan fingerprint density at radius 3 is 2.02 bits per heavy atom. The highest BCUT2D eigenvalue weighted by molar-refractivity contribution is 6.62. The standard InChI is InChI=1S/C42H44BNO2/c1-39(2)24-25-40(3,4)38-32(14-11-15-34(38)39)28-16-20-30(21-17-28)44-35-23-19-29(43-45-41(5,6)42(7,8)46-43)26-33(35)37-31-13-10-9-12-27(31)18-22-36(37)44/h9-23,26H,24-25H2,1-8H3. The molecule has 1 aromatic heterocycles. The Labute approximate surface area is 273 Å². The van der Waals surface area contributed by atoms with Crippen molar-refractivity contribution in [1.29, 1.82) is 0 Å². The molecule has 0 unspecified atom stereocenters. The summed E-state index contributed by atoms with van der Waals surface area (Å²) >= 11 is 0. The van der Waals surface area contributed by atoms with Gasteiger partial charge in [-0.2, -0.15) is 0 Å². The molecule has 8 rings (SSSR count). The van der Waals surface area contributed by atoms with Crippen LogP contribution in [0, 0.1) is 0 Å². The van der Waals surface area contributed by atoms with Gasteiger partial charge in [-0.05, 0) is 114 Å². The number of aromatic nitrogens is 1. The van der Waals surface area contributed by atoms with Crippen molar-refractivity contribution < 1.29 is 9.31 Å². The van der Waals surface area contributed by atoms with Crippen LogP contribution in [-0.2, 0) is 20.1 Å². The average Bonchev–Trinajstić information content (AvgIpc) is 3.48. The lowest BCUT2D eigenvalue weighted by molar-refractivity contribution is 0.00578. The van der Waals surface area contributed by atoms with Gasteiger partial charge >= 0.3 is 7.12 Å². The van der Waals surface area contributed by atoms with Crippen LogP contribution in [0.5, 0.6) is 0 Å². The van der Waals surface area contributed by atoms with Crippen LogP contribution in [-0.4, -0.2) is 22.9 Å². The lowest BCUT2D eigenvalue weighted by atomic mass is 9.61. The molecule has 2 aliphatic rings. The molecule has 2 heterocycles. The highest BCUT2D eigenvalue weighted by Crippen LogP contribution is 2.49. The second-order valence-corrected chi connectivity index (χ2v) is 15.9. The Balaban J connectivity index is 1.30. The summed E-state index contributed by atoms with van der Waals surface area (Å²) in [7, 11) is -0.409. The van der Waals surface area contributed by atoms with Crippen LogP contribution in [0.15, 0.2) is 97.1 Å². The summed E-state index contributed by atoms with van der Waals surface area (Å²) < 4.78 is 15.4. The van der Waals surface area contributed by atoms with Crippen LogP contribution >= 0.6 is 0 Å². The molecule has 46 heavy (non-hydrogen) atoms. The molecular weight excluding hydrogens is 561 g/mol. The summed E-state index contributed by atoms with van der Waals surface area (Å²) in [6.07, 6.45) is 2.42. The van der Waals surface area contributed by atoms with Crippen molar-refractivity contribution in [2.45, 2.75) is 90.3 Å². The summed E-state index contributed by atoms with van der Waals surface area (Å²) in [5.41, 5.74) is 9.79. The predicted molar refractivity (Wildman–Crippen MR) is 195 cm³/mol. The highest BCUT2D eigenvalue weighted by Gasteiger charge is 2.51. The lowest BCUT2D eigenvalue weighted by Gasteiger charge is -2.43. The maximum Gasteiger partial charge on any atom is 0.494 e. The van der Waals surface area contributed by atoms with E-state index in [9.17, 15) is 0 Å². The fraction of sp³-hybridized carbons (Fsp3) is 0.333. The third-order valence-corrected chi connectivity index (χ3v) is 11.5. The van der Waals surface area contributed by atoms with Crippen molar-refractivity contribution in [3.05, 3.63) is 108 Å². The van der Waals surface area contributed by atoms with Crippen LogP contribution in [0.1, 0.15) is 79.4 Å². The monoisotopic (exact) mass is 605 g/mol. The van der Waals surface area contributed by atoms with Gasteiger partial charge in [0.1, 0.15) is 0 Å². The van der Waals surface area contributed by atoms with Crippen molar-refractivity contribution in [3.8, 4) is 16.8 Å². The van der Waals surface area contributed by atoms with Crippen LogP contribution in [0.4, 0.5) is 0 Å². The number of fused-ring (bicyclic) bond motifs is 6. The molecule has 232 valence electrons. The minimum atomic E-state index is -0.409. The summed E-state index contributed by atoms with van der Waals surface area (Å²) in [4.78, 5) is 0. The number of nitrogens with zero attached hydrogens (tertiary/aromatic N) is 1. The summed E-state index contributed by atoms with van der Waals surface area (Å²) in [5.74, 6) is 0. The Bertz CT molecular complexity index is 2150. The van der Waals surface area contributed by atoms with E-state index in [-0.39, 0.29) is 10.8 Å². The van der Waals surface area contributed by atoms with Gasteiger partial charge in [-0.3, -0.25) is 0 Å². The van der Waals surface area contributed by atoms with E-state index in [1.165, 1.54) is 67.7 Å². The number of benzene rings is 5. The van der Waals surface area contributed by atoms with Gasteiger partial charge in [0.25, 0.3) is 0 Å². The molecule has 5 aromatic carbocycles. The van der Waals surface area contributed by atoms with Crippen molar-refractivity contribution in [1.82, 2.24) is 4.57 Å². The molecule has 1 saturated heterocycles. The first-order valence-corrected chi connectivity index (χ1v) is 16.8. The molecule has 0 amide bonds. The Morgan fingerprint density at radius 2 is 1.28 bits per heavy atom. The molecule has 6 aromatic rings. The Kier molecular flexibility index (Phi) is 6.31. The first-order chi connectivity index (χ1) is 21.8. The number of rotatable bonds is 3. The zero-order chi connectivity index (χ0) is 32.2. The van der Waals surface area contributed by atoms with E-state index in [0.29, 0.717) is 0 Å². The van der Waals surface area contributed by atoms with E-state index in [1.807, 2.05) is 0 Å². The molecule has 1 fully saturated rings. The Hall–Kier alpha value is -3.86. The van der Waals surface area contributed by atoms with E-state index in [2.05, 4.69) is 157 Å². The zero-order valence-electron chi connectivity index (χ0n) is 28.5. The van der Waals surface area contributed by atoms with E-state index in [0.717, 1.165) is 11.2 Å². The van der Waals surface area contributed by atoms with E-state index < -0.39 is 18.3 Å². The fourth-order valence-corrected chi connectivity index (χ4v) is 7.97. The summed E-state index contributed by atoms with van der Waals surface area (Å²) in [6, 6.07) is 36.1. The average molecular weight is 606 g/mol. The number of hydrogen-bond donors (Lipinski definition) is 0. The van der Waals surface area contributed by atoms with E-state index in [1.54, 1.807) is 0 Å².